The van der Waals surface area contributed by atoms with E-state index in [2.05, 4.69) is 5.32 Å². The number of carbonyl (C=O) groups excluding carboxylic acids is 2. The molecule has 0 aromatic heterocycles. The fourth-order valence-corrected chi connectivity index (χ4v) is 1.92. The van der Waals surface area contributed by atoms with Crippen molar-refractivity contribution >= 4 is 11.8 Å². The summed E-state index contributed by atoms with van der Waals surface area (Å²) in [4.78, 5) is 25.5. The fraction of sp³-hybridized carbons (Fsp3) is 0.833. The van der Waals surface area contributed by atoms with Crippen LogP contribution in [-0.4, -0.2) is 41.4 Å². The minimum absolute atomic E-state index is 0.00399. The van der Waals surface area contributed by atoms with Gasteiger partial charge in [-0.2, -0.15) is 0 Å². The summed E-state index contributed by atoms with van der Waals surface area (Å²) < 4.78 is 0. The van der Waals surface area contributed by atoms with Crippen LogP contribution in [0, 0.1) is 5.92 Å². The largest absolute Gasteiger partial charge is 0.343 e. The molecule has 1 rings (SSSR count). The smallest absolute Gasteiger partial charge is 0.245 e. The third kappa shape index (κ3) is 3.19. The summed E-state index contributed by atoms with van der Waals surface area (Å²) in [5.74, 6) is -0.152. The topological polar surface area (TPSA) is 75.4 Å². The molecule has 0 radical (unpaired) electrons. The zero-order valence-electron chi connectivity index (χ0n) is 11.1. The van der Waals surface area contributed by atoms with Crippen LogP contribution in [0.1, 0.15) is 34.1 Å². The van der Waals surface area contributed by atoms with Crippen LogP contribution in [0.4, 0.5) is 0 Å². The number of likely N-dealkylation sites (tertiary alicyclic amines) is 1. The number of amides is 2. The molecule has 1 heterocycles. The average molecular weight is 241 g/mol. The Hall–Kier alpha value is -1.10. The fourth-order valence-electron chi connectivity index (χ4n) is 1.92. The lowest BCUT2D eigenvalue weighted by molar-refractivity contribution is -0.134. The van der Waals surface area contributed by atoms with Crippen LogP contribution in [-0.2, 0) is 9.59 Å². The summed E-state index contributed by atoms with van der Waals surface area (Å²) in [6.45, 7) is 8.44. The van der Waals surface area contributed by atoms with Crippen molar-refractivity contribution in [3.8, 4) is 0 Å². The van der Waals surface area contributed by atoms with Crippen molar-refractivity contribution in [2.45, 2.75) is 52.2 Å². The SMILES string of the molecule is CC(C)[C@H](N)C(=O)NC1CCN(C(C)C)C1=O. The second-order valence-corrected chi connectivity index (χ2v) is 5.25. The lowest BCUT2D eigenvalue weighted by atomic mass is 10.0. The first-order valence-electron chi connectivity index (χ1n) is 6.21. The van der Waals surface area contributed by atoms with E-state index in [1.165, 1.54) is 0 Å². The van der Waals surface area contributed by atoms with Gasteiger partial charge in [-0.15, -0.1) is 0 Å². The normalized spacial score (nSPS) is 22.4. The molecule has 0 saturated carbocycles. The van der Waals surface area contributed by atoms with Gasteiger partial charge >= 0.3 is 0 Å². The predicted octanol–water partition coefficient (Wildman–Crippen LogP) is 0.0952. The number of nitrogens with zero attached hydrogens (tertiary/aromatic N) is 1. The Morgan fingerprint density at radius 2 is 2.00 bits per heavy atom. The molecule has 98 valence electrons. The molecule has 1 fully saturated rings. The summed E-state index contributed by atoms with van der Waals surface area (Å²) in [5, 5.41) is 2.74. The van der Waals surface area contributed by atoms with E-state index in [0.29, 0.717) is 13.0 Å². The van der Waals surface area contributed by atoms with Gasteiger partial charge in [0.25, 0.3) is 0 Å². The van der Waals surface area contributed by atoms with Crippen molar-refractivity contribution in [1.82, 2.24) is 10.2 Å². The van der Waals surface area contributed by atoms with Crippen molar-refractivity contribution in [2.24, 2.45) is 11.7 Å². The number of carbonyl (C=O) groups is 2. The van der Waals surface area contributed by atoms with Crippen molar-refractivity contribution < 1.29 is 9.59 Å². The summed E-state index contributed by atoms with van der Waals surface area (Å²) in [6.07, 6.45) is 0.674. The second-order valence-electron chi connectivity index (χ2n) is 5.25. The van der Waals surface area contributed by atoms with Crippen LogP contribution in [0.3, 0.4) is 0 Å². The van der Waals surface area contributed by atoms with E-state index in [9.17, 15) is 9.59 Å². The Balaban J connectivity index is 2.54. The van der Waals surface area contributed by atoms with E-state index in [0.717, 1.165) is 0 Å². The van der Waals surface area contributed by atoms with Gasteiger partial charge < -0.3 is 16.0 Å². The molecule has 5 heteroatoms. The third-order valence-corrected chi connectivity index (χ3v) is 3.20. The summed E-state index contributed by atoms with van der Waals surface area (Å²) in [5.41, 5.74) is 5.74. The van der Waals surface area contributed by atoms with E-state index in [1.807, 2.05) is 27.7 Å². The maximum atomic E-state index is 11.9. The highest BCUT2D eigenvalue weighted by atomic mass is 16.2. The Morgan fingerprint density at radius 1 is 1.41 bits per heavy atom. The van der Waals surface area contributed by atoms with Gasteiger partial charge in [0.1, 0.15) is 6.04 Å². The van der Waals surface area contributed by atoms with E-state index < -0.39 is 12.1 Å². The van der Waals surface area contributed by atoms with Crippen LogP contribution < -0.4 is 11.1 Å². The monoisotopic (exact) mass is 241 g/mol. The van der Waals surface area contributed by atoms with Gasteiger partial charge in [-0.25, -0.2) is 0 Å². The molecule has 0 aliphatic carbocycles. The van der Waals surface area contributed by atoms with Crippen LogP contribution in [0.25, 0.3) is 0 Å². The number of hydrogen-bond acceptors (Lipinski definition) is 3. The van der Waals surface area contributed by atoms with Crippen LogP contribution in [0.2, 0.25) is 0 Å². The molecule has 0 aromatic rings. The summed E-state index contributed by atoms with van der Waals surface area (Å²) >= 11 is 0. The molecule has 1 unspecified atom stereocenters. The number of rotatable bonds is 4. The number of nitrogens with two attached hydrogens (primary N) is 1. The molecule has 0 spiro atoms. The standard InChI is InChI=1S/C12H23N3O2/c1-7(2)10(13)11(16)14-9-5-6-15(8(3)4)12(9)17/h7-10H,5-6,13H2,1-4H3,(H,14,16)/t9?,10-/m0/s1. The van der Waals surface area contributed by atoms with Gasteiger partial charge in [-0.3, -0.25) is 9.59 Å². The second kappa shape index (κ2) is 5.49. The quantitative estimate of drug-likeness (QED) is 0.732. The molecular weight excluding hydrogens is 218 g/mol. The van der Waals surface area contributed by atoms with Crippen LogP contribution >= 0.6 is 0 Å². The molecule has 1 aliphatic rings. The lowest BCUT2D eigenvalue weighted by Gasteiger charge is -2.22. The molecule has 3 N–H and O–H groups in total. The Morgan fingerprint density at radius 3 is 2.41 bits per heavy atom. The van der Waals surface area contributed by atoms with E-state index in [1.54, 1.807) is 4.90 Å². The molecule has 1 saturated heterocycles. The van der Waals surface area contributed by atoms with Crippen molar-refractivity contribution in [3.63, 3.8) is 0 Å². The highest BCUT2D eigenvalue weighted by molar-refractivity contribution is 5.91. The molecule has 17 heavy (non-hydrogen) atoms. The van der Waals surface area contributed by atoms with Gasteiger partial charge in [0, 0.05) is 12.6 Å². The van der Waals surface area contributed by atoms with Gasteiger partial charge in [-0.1, -0.05) is 13.8 Å². The number of nitrogens with one attached hydrogen (secondary N) is 1. The van der Waals surface area contributed by atoms with E-state index >= 15 is 0 Å². The lowest BCUT2D eigenvalue weighted by Crippen LogP contribution is -2.50. The van der Waals surface area contributed by atoms with Crippen LogP contribution in [0.15, 0.2) is 0 Å². The minimum atomic E-state index is -0.545. The first-order valence-corrected chi connectivity index (χ1v) is 6.21. The first-order chi connectivity index (χ1) is 7.84. The molecule has 0 aromatic carbocycles. The highest BCUT2D eigenvalue weighted by Crippen LogP contribution is 2.14. The molecular formula is C12H23N3O2. The maximum absolute atomic E-state index is 11.9. The van der Waals surface area contributed by atoms with Gasteiger partial charge in [-0.05, 0) is 26.2 Å². The average Bonchev–Trinajstić information content (AvgIpc) is 2.59. The van der Waals surface area contributed by atoms with E-state index in [-0.39, 0.29) is 23.8 Å². The predicted molar refractivity (Wildman–Crippen MR) is 66.2 cm³/mol. The van der Waals surface area contributed by atoms with Gasteiger partial charge in [0.05, 0.1) is 6.04 Å². The Kier molecular flexibility index (Phi) is 4.51. The van der Waals surface area contributed by atoms with Gasteiger partial charge in [0.2, 0.25) is 11.8 Å². The maximum Gasteiger partial charge on any atom is 0.245 e. The Labute approximate surface area is 103 Å². The molecule has 0 bridgehead atoms. The molecule has 5 nitrogen and oxygen atoms in total. The highest BCUT2D eigenvalue weighted by Gasteiger charge is 2.34. The van der Waals surface area contributed by atoms with E-state index in [4.69, 9.17) is 5.73 Å². The number of hydrogen-bond donors (Lipinski definition) is 2. The van der Waals surface area contributed by atoms with Crippen LogP contribution in [0.5, 0.6) is 0 Å². The molecule has 2 amide bonds. The zero-order chi connectivity index (χ0) is 13.2. The van der Waals surface area contributed by atoms with Crippen molar-refractivity contribution in [2.75, 3.05) is 6.54 Å². The van der Waals surface area contributed by atoms with Gasteiger partial charge in [0.15, 0.2) is 0 Å². The summed E-state index contributed by atoms with van der Waals surface area (Å²) in [6, 6.07) is -0.756. The zero-order valence-corrected chi connectivity index (χ0v) is 11.1. The van der Waals surface area contributed by atoms with Crippen molar-refractivity contribution in [1.29, 1.82) is 0 Å². The third-order valence-electron chi connectivity index (χ3n) is 3.20. The minimum Gasteiger partial charge on any atom is -0.343 e. The summed E-state index contributed by atoms with van der Waals surface area (Å²) in [7, 11) is 0. The Bertz CT molecular complexity index is 302. The first kappa shape index (κ1) is 14.0. The molecule has 1 aliphatic heterocycles. The molecule has 2 atom stereocenters. The van der Waals surface area contributed by atoms with Crippen molar-refractivity contribution in [3.05, 3.63) is 0 Å².